The van der Waals surface area contributed by atoms with E-state index in [0.29, 0.717) is 50.5 Å². The van der Waals surface area contributed by atoms with E-state index < -0.39 is 24.3 Å². The maximum absolute atomic E-state index is 13.2. The lowest BCUT2D eigenvalue weighted by Gasteiger charge is -2.11. The fraction of sp³-hybridized carbons (Fsp3) is 0.0968. The highest BCUT2D eigenvalue weighted by Gasteiger charge is 2.30. The zero-order valence-corrected chi connectivity index (χ0v) is 22.7. The van der Waals surface area contributed by atoms with Gasteiger partial charge in [0.15, 0.2) is 6.61 Å². The van der Waals surface area contributed by atoms with Crippen LogP contribution in [0.15, 0.2) is 97.2 Å². The second-order valence-electron chi connectivity index (χ2n) is 9.18. The van der Waals surface area contributed by atoms with Crippen LogP contribution in [-0.2, 0) is 17.5 Å². The number of hydrogen-bond donors (Lipinski definition) is 1. The summed E-state index contributed by atoms with van der Waals surface area (Å²) < 4.78 is 46.7. The number of halogens is 5. The first-order valence-corrected chi connectivity index (χ1v) is 13.1. The van der Waals surface area contributed by atoms with Gasteiger partial charge in [0.2, 0.25) is 0 Å². The summed E-state index contributed by atoms with van der Waals surface area (Å²) in [4.78, 5) is 15.7. The molecule has 0 amide bonds. The van der Waals surface area contributed by atoms with Crippen LogP contribution in [-0.4, -0.2) is 27.2 Å². The molecule has 4 aromatic carbocycles. The lowest BCUT2D eigenvalue weighted by atomic mass is 10.0. The van der Waals surface area contributed by atoms with Gasteiger partial charge in [0, 0.05) is 28.9 Å². The van der Waals surface area contributed by atoms with Gasteiger partial charge >= 0.3 is 12.1 Å². The molecule has 0 saturated carbocycles. The molecule has 1 N–H and O–H groups in total. The Bertz CT molecular complexity index is 1700. The number of imidazole rings is 1. The van der Waals surface area contributed by atoms with Gasteiger partial charge in [-0.2, -0.15) is 13.2 Å². The van der Waals surface area contributed by atoms with Crippen LogP contribution in [0.4, 0.5) is 13.2 Å². The van der Waals surface area contributed by atoms with Gasteiger partial charge in [0.25, 0.3) is 0 Å². The summed E-state index contributed by atoms with van der Waals surface area (Å²) in [6, 6.07) is 24.5. The zero-order valence-electron chi connectivity index (χ0n) is 21.2. The van der Waals surface area contributed by atoms with E-state index >= 15 is 0 Å². The predicted molar refractivity (Wildman–Crippen MR) is 152 cm³/mol. The van der Waals surface area contributed by atoms with Crippen molar-refractivity contribution in [2.24, 2.45) is 0 Å². The largest absolute Gasteiger partial charge is 0.482 e. The summed E-state index contributed by atoms with van der Waals surface area (Å²) >= 11 is 12.5. The Balaban J connectivity index is 1.47. The average molecular weight is 597 g/mol. The molecule has 0 spiro atoms. The third-order valence-corrected chi connectivity index (χ3v) is 6.84. The molecule has 5 aromatic rings. The molecule has 5 rings (SSSR count). The van der Waals surface area contributed by atoms with Crippen LogP contribution < -0.4 is 4.74 Å². The van der Waals surface area contributed by atoms with Crippen LogP contribution in [0.2, 0.25) is 10.0 Å². The van der Waals surface area contributed by atoms with Crippen LogP contribution >= 0.6 is 23.2 Å². The minimum Gasteiger partial charge on any atom is -0.482 e. The van der Waals surface area contributed by atoms with E-state index in [1.807, 2.05) is 22.9 Å². The van der Waals surface area contributed by atoms with E-state index in [2.05, 4.69) is 0 Å². The molecular weight excluding hydrogens is 576 g/mol. The van der Waals surface area contributed by atoms with E-state index in [9.17, 15) is 18.0 Å². The number of carbonyl (C=O) groups is 1. The molecule has 0 aliphatic carbocycles. The van der Waals surface area contributed by atoms with Gasteiger partial charge < -0.3 is 14.4 Å². The summed E-state index contributed by atoms with van der Waals surface area (Å²) in [6.45, 7) is -0.0443. The molecule has 5 nitrogen and oxygen atoms in total. The van der Waals surface area contributed by atoms with Crippen molar-refractivity contribution in [3.8, 4) is 39.5 Å². The molecule has 10 heteroatoms. The van der Waals surface area contributed by atoms with Gasteiger partial charge in [0.1, 0.15) is 11.6 Å². The molecule has 1 aromatic heterocycles. The van der Waals surface area contributed by atoms with Crippen LogP contribution in [0.5, 0.6) is 5.75 Å². The van der Waals surface area contributed by atoms with Gasteiger partial charge in [-0.1, -0.05) is 59.6 Å². The Morgan fingerprint density at radius 3 is 2.24 bits per heavy atom. The fourth-order valence-corrected chi connectivity index (χ4v) is 4.82. The first-order valence-electron chi connectivity index (χ1n) is 12.3. The maximum Gasteiger partial charge on any atom is 0.416 e. The van der Waals surface area contributed by atoms with Crippen molar-refractivity contribution in [1.82, 2.24) is 9.55 Å². The van der Waals surface area contributed by atoms with Crippen molar-refractivity contribution in [3.05, 3.63) is 118 Å². The molecule has 0 radical (unpaired) electrons. The highest BCUT2D eigenvalue weighted by atomic mass is 35.5. The third kappa shape index (κ3) is 6.73. The number of nitrogens with zero attached hydrogens (tertiary/aromatic N) is 2. The number of alkyl halides is 3. The molecule has 0 atom stereocenters. The summed E-state index contributed by atoms with van der Waals surface area (Å²) in [5.41, 5.74) is 3.40. The van der Waals surface area contributed by atoms with Crippen LogP contribution in [0.3, 0.4) is 0 Å². The molecule has 0 bridgehead atoms. The van der Waals surface area contributed by atoms with Crippen molar-refractivity contribution in [3.63, 3.8) is 0 Å². The number of carboxylic acids is 1. The Morgan fingerprint density at radius 1 is 0.878 bits per heavy atom. The molecule has 0 unspecified atom stereocenters. The number of hydrogen-bond acceptors (Lipinski definition) is 3. The molecule has 1 heterocycles. The van der Waals surface area contributed by atoms with E-state index in [4.69, 9.17) is 38.0 Å². The summed E-state index contributed by atoms with van der Waals surface area (Å²) in [6.07, 6.45) is -2.56. The average Bonchev–Trinajstić information content (AvgIpc) is 3.35. The van der Waals surface area contributed by atoms with Gasteiger partial charge in [-0.25, -0.2) is 9.78 Å². The Hall–Kier alpha value is -4.27. The van der Waals surface area contributed by atoms with Crippen molar-refractivity contribution in [1.29, 1.82) is 0 Å². The molecule has 0 aliphatic heterocycles. The van der Waals surface area contributed by atoms with Crippen molar-refractivity contribution >= 4 is 29.2 Å². The second-order valence-corrected chi connectivity index (χ2v) is 10.0. The lowest BCUT2D eigenvalue weighted by molar-refractivity contribution is -0.139. The Labute approximate surface area is 243 Å². The van der Waals surface area contributed by atoms with Crippen molar-refractivity contribution in [2.45, 2.75) is 12.7 Å². The zero-order chi connectivity index (χ0) is 29.1. The van der Waals surface area contributed by atoms with Crippen LogP contribution in [0.1, 0.15) is 11.1 Å². The van der Waals surface area contributed by atoms with Gasteiger partial charge in [0.05, 0.1) is 16.3 Å². The number of benzene rings is 4. The van der Waals surface area contributed by atoms with Crippen molar-refractivity contribution in [2.75, 3.05) is 6.61 Å². The van der Waals surface area contributed by atoms with E-state index in [1.165, 1.54) is 6.07 Å². The first kappa shape index (κ1) is 28.3. The number of carboxylic acid groups (broad SMARTS) is 1. The van der Waals surface area contributed by atoms with Crippen molar-refractivity contribution < 1.29 is 27.8 Å². The van der Waals surface area contributed by atoms with E-state index in [0.717, 1.165) is 23.3 Å². The standard InChI is InChI=1S/C31H21Cl2F3N2O3/c32-24-10-13-26(27(33)15-24)28-17-38(30(37-28)21-8-11-25(12-9-21)41-18-29(39)40)16-19-4-6-20(7-5-19)22-2-1-3-23(14-22)31(34,35)36/h1-15,17H,16,18H2,(H,39,40). The van der Waals surface area contributed by atoms with E-state index in [1.54, 1.807) is 60.7 Å². The smallest absolute Gasteiger partial charge is 0.416 e. The van der Waals surface area contributed by atoms with Gasteiger partial charge in [-0.3, -0.25) is 0 Å². The molecule has 0 aliphatic rings. The molecule has 41 heavy (non-hydrogen) atoms. The normalized spacial score (nSPS) is 11.4. The summed E-state index contributed by atoms with van der Waals surface area (Å²) in [5, 5.41) is 9.80. The highest BCUT2D eigenvalue weighted by Crippen LogP contribution is 2.34. The minimum atomic E-state index is -4.42. The molecule has 0 saturated heterocycles. The number of aliphatic carboxylic acids is 1. The second kappa shape index (κ2) is 11.7. The monoisotopic (exact) mass is 596 g/mol. The summed E-state index contributed by atoms with van der Waals surface area (Å²) in [5.74, 6) is -0.0497. The number of rotatable bonds is 8. The molecular formula is C31H21Cl2F3N2O3. The fourth-order valence-electron chi connectivity index (χ4n) is 4.31. The Morgan fingerprint density at radius 2 is 1.59 bits per heavy atom. The maximum atomic E-state index is 13.2. The molecule has 208 valence electrons. The number of aromatic nitrogens is 2. The SMILES string of the molecule is O=C(O)COc1ccc(-c2nc(-c3ccc(Cl)cc3Cl)cn2Cc2ccc(-c3cccc(C(F)(F)F)c3)cc2)cc1. The summed E-state index contributed by atoms with van der Waals surface area (Å²) in [7, 11) is 0. The first-order chi connectivity index (χ1) is 19.6. The van der Waals surface area contributed by atoms with Gasteiger partial charge in [-0.15, -0.1) is 0 Å². The quantitative estimate of drug-likeness (QED) is 0.194. The highest BCUT2D eigenvalue weighted by molar-refractivity contribution is 6.36. The Kier molecular flexibility index (Phi) is 8.06. The van der Waals surface area contributed by atoms with Crippen LogP contribution in [0.25, 0.3) is 33.8 Å². The lowest BCUT2D eigenvalue weighted by Crippen LogP contribution is -2.09. The topological polar surface area (TPSA) is 64.3 Å². The molecule has 0 fully saturated rings. The van der Waals surface area contributed by atoms with E-state index in [-0.39, 0.29) is 0 Å². The number of ether oxygens (including phenoxy) is 1. The third-order valence-electron chi connectivity index (χ3n) is 6.29. The van der Waals surface area contributed by atoms with Gasteiger partial charge in [-0.05, 0) is 71.3 Å². The minimum absolute atomic E-state index is 0.403. The van der Waals surface area contributed by atoms with Crippen LogP contribution in [0, 0.1) is 0 Å². The predicted octanol–water partition coefficient (Wildman–Crippen LogP) is 8.72.